The minimum atomic E-state index is -0.570. The first-order chi connectivity index (χ1) is 10.1. The molecule has 0 aromatic heterocycles. The van der Waals surface area contributed by atoms with Gasteiger partial charge in [0.15, 0.2) is 0 Å². The zero-order valence-electron chi connectivity index (χ0n) is 13.2. The number of aliphatic hydroxyl groups is 1. The van der Waals surface area contributed by atoms with Crippen molar-refractivity contribution >= 4 is 0 Å². The van der Waals surface area contributed by atoms with Gasteiger partial charge in [-0.05, 0) is 55.7 Å². The van der Waals surface area contributed by atoms with Crippen LogP contribution < -0.4 is 5.32 Å². The normalized spacial score (nSPS) is 27.5. The fourth-order valence-electron chi connectivity index (χ4n) is 3.31. The molecule has 1 aliphatic carbocycles. The lowest BCUT2D eigenvalue weighted by atomic mass is 9.77. The van der Waals surface area contributed by atoms with Crippen LogP contribution in [-0.2, 0) is 0 Å². The van der Waals surface area contributed by atoms with Crippen LogP contribution in [0, 0.1) is 11.7 Å². The molecule has 0 amide bonds. The molecule has 1 fully saturated rings. The smallest absolute Gasteiger partial charge is 0.123 e. The average molecular weight is 293 g/mol. The molecule has 3 heteroatoms. The van der Waals surface area contributed by atoms with Gasteiger partial charge < -0.3 is 10.4 Å². The van der Waals surface area contributed by atoms with Crippen LogP contribution in [0.4, 0.5) is 4.39 Å². The molecule has 0 radical (unpaired) electrons. The zero-order chi connectivity index (χ0) is 15.3. The maximum absolute atomic E-state index is 13.0. The standard InChI is InChI=1S/C18H28FNO/c1-3-14-9-11-18(21,12-10-14)13-20-17(4-2)15-5-7-16(19)8-6-15/h5-8,14,17,20-21H,3-4,9-13H2,1-2H3. The summed E-state index contributed by atoms with van der Waals surface area (Å²) in [6.07, 6.45) is 6.18. The second-order valence-electron chi connectivity index (χ2n) is 6.47. The SMILES string of the molecule is CCC1CCC(O)(CNC(CC)c2ccc(F)cc2)CC1. The summed E-state index contributed by atoms with van der Waals surface area (Å²) >= 11 is 0. The number of hydrogen-bond acceptors (Lipinski definition) is 2. The van der Waals surface area contributed by atoms with Crippen molar-refractivity contribution < 1.29 is 9.50 Å². The summed E-state index contributed by atoms with van der Waals surface area (Å²) in [6, 6.07) is 6.84. The van der Waals surface area contributed by atoms with Crippen molar-refractivity contribution in [3.63, 3.8) is 0 Å². The van der Waals surface area contributed by atoms with E-state index in [4.69, 9.17) is 0 Å². The minimum absolute atomic E-state index is 0.179. The number of rotatable bonds is 6. The number of benzene rings is 1. The largest absolute Gasteiger partial charge is 0.389 e. The zero-order valence-corrected chi connectivity index (χ0v) is 13.2. The molecule has 0 saturated heterocycles. The van der Waals surface area contributed by atoms with E-state index in [1.54, 1.807) is 0 Å². The van der Waals surface area contributed by atoms with Crippen LogP contribution in [0.3, 0.4) is 0 Å². The highest BCUT2D eigenvalue weighted by Crippen LogP contribution is 2.33. The minimum Gasteiger partial charge on any atom is -0.389 e. The first kappa shape index (κ1) is 16.4. The van der Waals surface area contributed by atoms with Crippen molar-refractivity contribution in [3.05, 3.63) is 35.6 Å². The molecule has 0 bridgehead atoms. The Morgan fingerprint density at radius 3 is 2.38 bits per heavy atom. The third-order valence-electron chi connectivity index (χ3n) is 4.97. The Balaban J connectivity index is 1.89. The van der Waals surface area contributed by atoms with Crippen molar-refractivity contribution in [2.45, 2.75) is 64.0 Å². The van der Waals surface area contributed by atoms with Gasteiger partial charge >= 0.3 is 0 Å². The summed E-state index contributed by atoms with van der Waals surface area (Å²) < 4.78 is 13.0. The van der Waals surface area contributed by atoms with E-state index < -0.39 is 5.60 Å². The highest BCUT2D eigenvalue weighted by atomic mass is 19.1. The van der Waals surface area contributed by atoms with E-state index in [0.29, 0.717) is 6.54 Å². The van der Waals surface area contributed by atoms with Crippen molar-refractivity contribution in [1.29, 1.82) is 0 Å². The van der Waals surface area contributed by atoms with Gasteiger partial charge in [0.05, 0.1) is 5.60 Å². The Labute approximate surface area is 127 Å². The van der Waals surface area contributed by atoms with Gasteiger partial charge in [-0.3, -0.25) is 0 Å². The molecule has 1 unspecified atom stereocenters. The topological polar surface area (TPSA) is 32.3 Å². The van der Waals surface area contributed by atoms with Crippen LogP contribution in [0.2, 0.25) is 0 Å². The van der Waals surface area contributed by atoms with E-state index in [2.05, 4.69) is 19.2 Å². The van der Waals surface area contributed by atoms with Crippen LogP contribution in [0.15, 0.2) is 24.3 Å². The number of hydrogen-bond donors (Lipinski definition) is 2. The van der Waals surface area contributed by atoms with Crippen LogP contribution >= 0.6 is 0 Å². The lowest BCUT2D eigenvalue weighted by Crippen LogP contribution is -2.44. The molecule has 2 rings (SSSR count). The summed E-state index contributed by atoms with van der Waals surface area (Å²) in [6.45, 7) is 4.97. The summed E-state index contributed by atoms with van der Waals surface area (Å²) in [5.41, 5.74) is 0.517. The van der Waals surface area contributed by atoms with Crippen LogP contribution in [0.25, 0.3) is 0 Å². The molecule has 21 heavy (non-hydrogen) atoms. The Morgan fingerprint density at radius 1 is 1.24 bits per heavy atom. The van der Waals surface area contributed by atoms with Crippen LogP contribution in [0.1, 0.15) is 64.0 Å². The molecule has 2 N–H and O–H groups in total. The average Bonchev–Trinajstić information content (AvgIpc) is 2.50. The van der Waals surface area contributed by atoms with Gasteiger partial charge in [0, 0.05) is 12.6 Å². The van der Waals surface area contributed by atoms with Gasteiger partial charge in [-0.1, -0.05) is 32.4 Å². The Kier molecular flexibility index (Phi) is 5.77. The second-order valence-corrected chi connectivity index (χ2v) is 6.47. The molecule has 1 aromatic carbocycles. The van der Waals surface area contributed by atoms with Gasteiger partial charge in [0.25, 0.3) is 0 Å². The molecule has 0 heterocycles. The van der Waals surface area contributed by atoms with Crippen LogP contribution in [-0.4, -0.2) is 17.3 Å². The summed E-state index contributed by atoms with van der Waals surface area (Å²) in [4.78, 5) is 0. The van der Waals surface area contributed by atoms with Gasteiger partial charge in [0.2, 0.25) is 0 Å². The summed E-state index contributed by atoms with van der Waals surface area (Å²) in [7, 11) is 0. The molecule has 1 aromatic rings. The first-order valence-corrected chi connectivity index (χ1v) is 8.27. The number of nitrogens with one attached hydrogen (secondary N) is 1. The lowest BCUT2D eigenvalue weighted by molar-refractivity contribution is -0.0108. The van der Waals surface area contributed by atoms with Gasteiger partial charge in [0.1, 0.15) is 5.82 Å². The van der Waals surface area contributed by atoms with Crippen molar-refractivity contribution in [2.24, 2.45) is 5.92 Å². The predicted octanol–water partition coefficient (Wildman–Crippen LogP) is 4.20. The Hall–Kier alpha value is -0.930. The molecular weight excluding hydrogens is 265 g/mol. The van der Waals surface area contributed by atoms with E-state index in [1.165, 1.54) is 18.6 Å². The van der Waals surface area contributed by atoms with E-state index in [1.807, 2.05) is 12.1 Å². The molecule has 1 aliphatic rings. The highest BCUT2D eigenvalue weighted by Gasteiger charge is 2.32. The Bertz CT molecular complexity index is 423. The van der Waals surface area contributed by atoms with E-state index in [-0.39, 0.29) is 11.9 Å². The fraction of sp³-hybridized carbons (Fsp3) is 0.667. The van der Waals surface area contributed by atoms with Gasteiger partial charge in [-0.15, -0.1) is 0 Å². The fourth-order valence-corrected chi connectivity index (χ4v) is 3.31. The predicted molar refractivity (Wildman–Crippen MR) is 84.6 cm³/mol. The maximum Gasteiger partial charge on any atom is 0.123 e. The summed E-state index contributed by atoms with van der Waals surface area (Å²) in [5, 5.41) is 14.2. The molecule has 0 aliphatic heterocycles. The molecule has 1 saturated carbocycles. The van der Waals surface area contributed by atoms with Crippen molar-refractivity contribution in [1.82, 2.24) is 5.32 Å². The quantitative estimate of drug-likeness (QED) is 0.824. The molecule has 1 atom stereocenters. The molecule has 118 valence electrons. The van der Waals surface area contributed by atoms with Gasteiger partial charge in [-0.25, -0.2) is 4.39 Å². The first-order valence-electron chi connectivity index (χ1n) is 8.27. The van der Waals surface area contributed by atoms with E-state index in [0.717, 1.165) is 43.6 Å². The third-order valence-corrected chi connectivity index (χ3v) is 4.97. The third kappa shape index (κ3) is 4.52. The monoisotopic (exact) mass is 293 g/mol. The molecular formula is C18H28FNO. The van der Waals surface area contributed by atoms with Crippen LogP contribution in [0.5, 0.6) is 0 Å². The second kappa shape index (κ2) is 7.37. The maximum atomic E-state index is 13.0. The molecule has 0 spiro atoms. The number of halogens is 1. The van der Waals surface area contributed by atoms with Gasteiger partial charge in [-0.2, -0.15) is 0 Å². The van der Waals surface area contributed by atoms with E-state index >= 15 is 0 Å². The lowest BCUT2D eigenvalue weighted by Gasteiger charge is -2.37. The van der Waals surface area contributed by atoms with Crippen molar-refractivity contribution in [3.8, 4) is 0 Å². The van der Waals surface area contributed by atoms with Crippen molar-refractivity contribution in [2.75, 3.05) is 6.54 Å². The van der Waals surface area contributed by atoms with E-state index in [9.17, 15) is 9.50 Å². The summed E-state index contributed by atoms with van der Waals surface area (Å²) in [5.74, 6) is 0.578. The highest BCUT2D eigenvalue weighted by molar-refractivity contribution is 5.19. The molecule has 2 nitrogen and oxygen atoms in total. The Morgan fingerprint density at radius 2 is 1.86 bits per heavy atom.